The maximum absolute atomic E-state index is 12.9. The summed E-state index contributed by atoms with van der Waals surface area (Å²) in [6, 6.07) is 0. The monoisotopic (exact) mass is 1040 g/mol. The van der Waals surface area contributed by atoms with Gasteiger partial charge in [0.05, 0.1) is 19.8 Å². The highest BCUT2D eigenvalue weighted by atomic mass is 16.7. The molecule has 9 heteroatoms. The normalized spacial score (nSPS) is 19.0. The Morgan fingerprint density at radius 1 is 0.432 bits per heavy atom. The van der Waals surface area contributed by atoms with E-state index in [4.69, 9.17) is 18.9 Å². The van der Waals surface area contributed by atoms with Crippen molar-refractivity contribution < 1.29 is 44.2 Å². The summed E-state index contributed by atoms with van der Waals surface area (Å²) in [5.41, 5.74) is 0. The van der Waals surface area contributed by atoms with Crippen LogP contribution in [-0.2, 0) is 23.7 Å². The second-order valence-corrected chi connectivity index (χ2v) is 21.1. The number of aliphatic hydroxyl groups is 4. The Hall–Kier alpha value is -2.37. The fraction of sp³-hybridized carbons (Fsp3) is 0.800. The molecule has 0 aromatic heterocycles. The van der Waals surface area contributed by atoms with E-state index in [1.807, 2.05) is 0 Å². The van der Waals surface area contributed by atoms with Gasteiger partial charge in [-0.3, -0.25) is 4.79 Å². The molecule has 1 heterocycles. The molecule has 0 aromatic rings. The first-order valence-corrected chi connectivity index (χ1v) is 31.0. The van der Waals surface area contributed by atoms with Crippen molar-refractivity contribution in [2.24, 2.45) is 0 Å². The Labute approximate surface area is 455 Å². The van der Waals surface area contributed by atoms with E-state index in [1.165, 1.54) is 193 Å². The number of ether oxygens (including phenoxy) is 4. The minimum atomic E-state index is -1.54. The Balaban J connectivity index is 2.14. The highest BCUT2D eigenvalue weighted by molar-refractivity contribution is 5.69. The fourth-order valence-electron chi connectivity index (χ4n) is 9.27. The zero-order chi connectivity index (χ0) is 53.5. The molecule has 0 aliphatic carbocycles. The van der Waals surface area contributed by atoms with Crippen LogP contribution in [0.5, 0.6) is 0 Å². The van der Waals surface area contributed by atoms with Crippen LogP contribution in [0, 0.1) is 0 Å². The molecule has 1 aliphatic heterocycles. The summed E-state index contributed by atoms with van der Waals surface area (Å²) < 4.78 is 23.0. The van der Waals surface area contributed by atoms with Crippen LogP contribution in [0.4, 0.5) is 0 Å². The molecule has 430 valence electrons. The van der Waals surface area contributed by atoms with Crippen molar-refractivity contribution in [1.82, 2.24) is 0 Å². The number of allylic oxidation sites excluding steroid dienone is 12. The topological polar surface area (TPSA) is 135 Å². The van der Waals surface area contributed by atoms with Crippen molar-refractivity contribution in [3.63, 3.8) is 0 Å². The average molecular weight is 1040 g/mol. The van der Waals surface area contributed by atoms with Crippen LogP contribution in [0.3, 0.4) is 0 Å². The number of aliphatic hydroxyl groups excluding tert-OH is 4. The van der Waals surface area contributed by atoms with Crippen LogP contribution >= 0.6 is 0 Å². The van der Waals surface area contributed by atoms with Crippen molar-refractivity contribution in [2.75, 3.05) is 26.4 Å². The van der Waals surface area contributed by atoms with Crippen LogP contribution in [0.2, 0.25) is 0 Å². The largest absolute Gasteiger partial charge is 0.457 e. The zero-order valence-electron chi connectivity index (χ0n) is 47.8. The molecule has 6 atom stereocenters. The third-order valence-corrected chi connectivity index (χ3v) is 14.1. The number of hydrogen-bond donors (Lipinski definition) is 4. The maximum atomic E-state index is 12.9. The number of unbranched alkanes of at least 4 members (excludes halogenated alkanes) is 31. The summed E-state index contributed by atoms with van der Waals surface area (Å²) in [5, 5.41) is 40.4. The molecule has 0 spiro atoms. The number of carbonyl (C=O) groups excluding carboxylic acids is 1. The summed E-state index contributed by atoms with van der Waals surface area (Å²) in [7, 11) is 0. The average Bonchev–Trinajstić information content (AvgIpc) is 3.40. The number of rotatable bonds is 54. The van der Waals surface area contributed by atoms with E-state index in [9.17, 15) is 25.2 Å². The second kappa shape index (κ2) is 55.4. The van der Waals surface area contributed by atoms with Gasteiger partial charge in [0.25, 0.3) is 0 Å². The van der Waals surface area contributed by atoms with Crippen molar-refractivity contribution in [1.29, 1.82) is 0 Å². The zero-order valence-corrected chi connectivity index (χ0v) is 47.8. The van der Waals surface area contributed by atoms with Gasteiger partial charge in [0.1, 0.15) is 30.5 Å². The molecule has 9 nitrogen and oxygen atoms in total. The van der Waals surface area contributed by atoms with Crippen LogP contribution in [0.1, 0.15) is 271 Å². The summed E-state index contributed by atoms with van der Waals surface area (Å²) in [6.07, 6.45) is 68.1. The molecule has 0 saturated carbocycles. The summed E-state index contributed by atoms with van der Waals surface area (Å²) in [4.78, 5) is 12.9. The molecule has 0 aromatic carbocycles. The van der Waals surface area contributed by atoms with E-state index in [0.29, 0.717) is 13.0 Å². The smallest absolute Gasteiger partial charge is 0.306 e. The Bertz CT molecular complexity index is 1370. The van der Waals surface area contributed by atoms with Crippen molar-refractivity contribution >= 4 is 5.97 Å². The molecule has 0 radical (unpaired) electrons. The van der Waals surface area contributed by atoms with Gasteiger partial charge >= 0.3 is 5.97 Å². The Morgan fingerprint density at radius 2 is 0.784 bits per heavy atom. The van der Waals surface area contributed by atoms with Crippen LogP contribution in [0.15, 0.2) is 72.9 Å². The lowest BCUT2D eigenvalue weighted by Crippen LogP contribution is -2.59. The SMILES string of the molecule is CCCCCCC/C=C\C/C=C\C/C=C\CCCCCCCCCCCCCOCC(COC1OC(CO)C(O)C(O)C1O)OC(=O)CCCCCCCCCCCC/C=C\C/C=C\C/C=C\CCCCCCC. The first-order valence-electron chi connectivity index (χ1n) is 31.0. The molecule has 1 saturated heterocycles. The predicted octanol–water partition coefficient (Wildman–Crippen LogP) is 16.7. The quantitative estimate of drug-likeness (QED) is 0.0267. The van der Waals surface area contributed by atoms with Gasteiger partial charge in [0.15, 0.2) is 6.29 Å². The predicted molar refractivity (Wildman–Crippen MR) is 311 cm³/mol. The molecule has 1 fully saturated rings. The highest BCUT2D eigenvalue weighted by Gasteiger charge is 2.44. The van der Waals surface area contributed by atoms with Gasteiger partial charge in [-0.2, -0.15) is 0 Å². The minimum absolute atomic E-state index is 0.118. The second-order valence-electron chi connectivity index (χ2n) is 21.1. The molecule has 74 heavy (non-hydrogen) atoms. The summed E-state index contributed by atoms with van der Waals surface area (Å²) in [6.45, 7) is 4.55. The third kappa shape index (κ3) is 44.7. The van der Waals surface area contributed by atoms with E-state index in [0.717, 1.165) is 57.8 Å². The maximum Gasteiger partial charge on any atom is 0.306 e. The molecular formula is C65H116O9. The van der Waals surface area contributed by atoms with E-state index in [-0.39, 0.29) is 19.2 Å². The molecule has 0 bridgehead atoms. The van der Waals surface area contributed by atoms with Crippen molar-refractivity contribution in [2.45, 2.75) is 307 Å². The Morgan fingerprint density at radius 3 is 1.18 bits per heavy atom. The number of esters is 1. The summed E-state index contributed by atoms with van der Waals surface area (Å²) in [5.74, 6) is -0.317. The number of hydrogen-bond acceptors (Lipinski definition) is 9. The molecular weight excluding hydrogens is 925 g/mol. The standard InChI is InChI=1S/C65H116O9/c1-3-5-7-9-11-13-15-17-19-21-23-25-27-29-31-33-35-37-39-41-43-45-47-49-51-53-55-71-57-59(58-72-65-64(70)63(69)62(68)60(56-66)74-65)73-61(67)54-52-50-48-46-44-42-40-38-36-34-32-30-28-26-24-22-20-18-16-14-12-10-8-6-4-2/h15-18,21-24,27-30,59-60,62-66,68-70H,3-14,19-20,25-26,31-58H2,1-2H3/b17-15-,18-16-,23-21-,24-22-,29-27-,30-28-. The minimum Gasteiger partial charge on any atom is -0.457 e. The van der Waals surface area contributed by atoms with Crippen LogP contribution < -0.4 is 0 Å². The first-order chi connectivity index (χ1) is 36.4. The molecule has 1 rings (SSSR count). The molecule has 0 amide bonds. The van der Waals surface area contributed by atoms with Gasteiger partial charge in [-0.15, -0.1) is 0 Å². The van der Waals surface area contributed by atoms with E-state index in [2.05, 4.69) is 86.8 Å². The first kappa shape index (κ1) is 69.6. The van der Waals surface area contributed by atoms with Gasteiger partial charge in [-0.05, 0) is 89.9 Å². The van der Waals surface area contributed by atoms with Gasteiger partial charge in [0.2, 0.25) is 0 Å². The van der Waals surface area contributed by atoms with E-state index < -0.39 is 43.4 Å². The highest BCUT2D eigenvalue weighted by Crippen LogP contribution is 2.23. The van der Waals surface area contributed by atoms with Gasteiger partial charge in [0, 0.05) is 13.0 Å². The lowest BCUT2D eigenvalue weighted by Gasteiger charge is -2.39. The van der Waals surface area contributed by atoms with E-state index in [1.54, 1.807) is 0 Å². The van der Waals surface area contributed by atoms with Gasteiger partial charge in [-0.1, -0.05) is 247 Å². The van der Waals surface area contributed by atoms with Crippen molar-refractivity contribution in [3.8, 4) is 0 Å². The third-order valence-electron chi connectivity index (χ3n) is 14.1. The van der Waals surface area contributed by atoms with Crippen molar-refractivity contribution in [3.05, 3.63) is 72.9 Å². The molecule has 6 unspecified atom stereocenters. The lowest BCUT2D eigenvalue weighted by atomic mass is 9.99. The van der Waals surface area contributed by atoms with Gasteiger partial charge in [-0.25, -0.2) is 0 Å². The lowest BCUT2D eigenvalue weighted by molar-refractivity contribution is -0.305. The van der Waals surface area contributed by atoms with Gasteiger partial charge < -0.3 is 39.4 Å². The summed E-state index contributed by atoms with van der Waals surface area (Å²) >= 11 is 0. The molecule has 1 aliphatic rings. The fourth-order valence-corrected chi connectivity index (χ4v) is 9.27. The Kier molecular flexibility index (Phi) is 52.1. The van der Waals surface area contributed by atoms with Crippen LogP contribution in [-0.4, -0.2) is 89.6 Å². The van der Waals surface area contributed by atoms with Crippen LogP contribution in [0.25, 0.3) is 0 Å². The number of carbonyl (C=O) groups is 1. The molecule has 4 N–H and O–H groups in total. The van der Waals surface area contributed by atoms with E-state index >= 15 is 0 Å².